The zero-order valence-corrected chi connectivity index (χ0v) is 23.3. The highest BCUT2D eigenvalue weighted by atomic mass is 35.5. The Kier molecular flexibility index (Phi) is 10.7. The second-order valence-electron chi connectivity index (χ2n) is 8.95. The van der Waals surface area contributed by atoms with E-state index in [1.165, 1.54) is 23.1 Å². The van der Waals surface area contributed by atoms with Crippen LogP contribution < -0.4 is 9.62 Å². The van der Waals surface area contributed by atoms with Crippen LogP contribution in [0.5, 0.6) is 0 Å². The molecule has 0 fully saturated rings. The Morgan fingerprint density at radius 2 is 1.61 bits per heavy atom. The first kappa shape index (κ1) is 29.2. The quantitative estimate of drug-likeness (QED) is 0.304. The van der Waals surface area contributed by atoms with Crippen molar-refractivity contribution in [2.24, 2.45) is 0 Å². The van der Waals surface area contributed by atoms with Crippen LogP contribution in [-0.2, 0) is 26.0 Å². The molecule has 2 amide bonds. The number of amides is 2. The standard InChI is InChI=1S/C29H34ClN3O4S/c1-3-4-19-31-29(35)23(2)32(20-18-24-12-7-5-8-13-24)28(34)22-33(26-15-11-14-25(30)21-26)38(36,37)27-16-9-6-10-17-27/h5-17,21,23H,3-4,18-20,22H2,1-2H3,(H,31,35)/t23-/m0/s1. The second kappa shape index (κ2) is 14.0. The molecule has 3 rings (SSSR count). The molecule has 0 aliphatic carbocycles. The first-order valence-corrected chi connectivity index (χ1v) is 14.5. The number of carbonyl (C=O) groups is 2. The summed E-state index contributed by atoms with van der Waals surface area (Å²) in [6.45, 7) is 3.97. The lowest BCUT2D eigenvalue weighted by Crippen LogP contribution is -2.52. The fraction of sp³-hybridized carbons (Fsp3) is 0.310. The van der Waals surface area contributed by atoms with E-state index in [4.69, 9.17) is 11.6 Å². The molecule has 1 atom stereocenters. The molecule has 7 nitrogen and oxygen atoms in total. The van der Waals surface area contributed by atoms with Gasteiger partial charge in [-0.25, -0.2) is 8.42 Å². The van der Waals surface area contributed by atoms with Crippen LogP contribution in [0.2, 0.25) is 5.02 Å². The van der Waals surface area contributed by atoms with Crippen molar-refractivity contribution >= 4 is 39.1 Å². The predicted octanol–water partition coefficient (Wildman–Crippen LogP) is 4.91. The average molecular weight is 556 g/mol. The van der Waals surface area contributed by atoms with E-state index in [1.54, 1.807) is 43.3 Å². The molecule has 1 N–H and O–H groups in total. The summed E-state index contributed by atoms with van der Waals surface area (Å²) >= 11 is 6.18. The number of halogens is 1. The first-order valence-electron chi connectivity index (χ1n) is 12.7. The van der Waals surface area contributed by atoms with Gasteiger partial charge in [0.05, 0.1) is 10.6 Å². The maximum Gasteiger partial charge on any atom is 0.264 e. The molecule has 0 aliphatic rings. The Hall–Kier alpha value is -3.36. The minimum absolute atomic E-state index is 0.0500. The van der Waals surface area contributed by atoms with E-state index in [1.807, 2.05) is 37.3 Å². The van der Waals surface area contributed by atoms with Crippen LogP contribution in [0.4, 0.5) is 5.69 Å². The lowest BCUT2D eigenvalue weighted by atomic mass is 10.1. The van der Waals surface area contributed by atoms with Crippen LogP contribution in [0.3, 0.4) is 0 Å². The Bertz CT molecular complexity index is 1300. The number of anilines is 1. The van der Waals surface area contributed by atoms with Gasteiger partial charge in [-0.15, -0.1) is 0 Å². The molecule has 0 aromatic heterocycles. The number of hydrogen-bond acceptors (Lipinski definition) is 4. The molecule has 0 heterocycles. The van der Waals surface area contributed by atoms with E-state index in [0.717, 1.165) is 22.7 Å². The fourth-order valence-corrected chi connectivity index (χ4v) is 5.60. The topological polar surface area (TPSA) is 86.8 Å². The first-order chi connectivity index (χ1) is 18.2. The summed E-state index contributed by atoms with van der Waals surface area (Å²) in [7, 11) is -4.10. The van der Waals surface area contributed by atoms with Crippen LogP contribution in [0, 0.1) is 0 Å². The third-order valence-electron chi connectivity index (χ3n) is 6.19. The largest absolute Gasteiger partial charge is 0.354 e. The van der Waals surface area contributed by atoms with E-state index >= 15 is 0 Å². The maximum atomic E-state index is 13.8. The molecule has 0 aliphatic heterocycles. The second-order valence-corrected chi connectivity index (χ2v) is 11.2. The summed E-state index contributed by atoms with van der Waals surface area (Å²) in [5.41, 5.74) is 1.27. The summed E-state index contributed by atoms with van der Waals surface area (Å²) in [5.74, 6) is -0.765. The van der Waals surface area contributed by atoms with Gasteiger partial charge < -0.3 is 10.2 Å². The number of nitrogens with zero attached hydrogens (tertiary/aromatic N) is 2. The van der Waals surface area contributed by atoms with Gasteiger partial charge in [0.25, 0.3) is 10.0 Å². The van der Waals surface area contributed by atoms with Gasteiger partial charge in [0.15, 0.2) is 0 Å². The Morgan fingerprint density at radius 3 is 2.24 bits per heavy atom. The minimum atomic E-state index is -4.10. The molecule has 0 radical (unpaired) electrons. The Labute approximate surface area is 230 Å². The van der Waals surface area contributed by atoms with Crippen LogP contribution in [0.25, 0.3) is 0 Å². The Balaban J connectivity index is 1.93. The average Bonchev–Trinajstić information content (AvgIpc) is 2.92. The number of hydrogen-bond donors (Lipinski definition) is 1. The molecule has 0 unspecified atom stereocenters. The van der Waals surface area contributed by atoms with Gasteiger partial charge in [-0.05, 0) is 55.7 Å². The van der Waals surface area contributed by atoms with Gasteiger partial charge in [0.1, 0.15) is 12.6 Å². The SMILES string of the molecule is CCCCNC(=O)[C@H](C)N(CCc1ccccc1)C(=O)CN(c1cccc(Cl)c1)S(=O)(=O)c1ccccc1. The zero-order chi connectivity index (χ0) is 27.5. The van der Waals surface area contributed by atoms with Gasteiger partial charge in [0.2, 0.25) is 11.8 Å². The van der Waals surface area contributed by atoms with Gasteiger partial charge >= 0.3 is 0 Å². The van der Waals surface area contributed by atoms with Gasteiger partial charge in [-0.2, -0.15) is 0 Å². The van der Waals surface area contributed by atoms with Crippen molar-refractivity contribution in [1.82, 2.24) is 10.2 Å². The molecule has 3 aromatic rings. The molecule has 0 saturated heterocycles. The number of sulfonamides is 1. The molecule has 3 aromatic carbocycles. The van der Waals surface area contributed by atoms with Crippen LogP contribution in [0.1, 0.15) is 32.3 Å². The molecule has 0 bridgehead atoms. The highest BCUT2D eigenvalue weighted by Crippen LogP contribution is 2.26. The molecule has 9 heteroatoms. The Morgan fingerprint density at radius 1 is 0.947 bits per heavy atom. The van der Waals surface area contributed by atoms with Gasteiger partial charge in [-0.3, -0.25) is 13.9 Å². The maximum absolute atomic E-state index is 13.8. The molecular formula is C29H34ClN3O4S. The third-order valence-corrected chi connectivity index (χ3v) is 8.21. The summed E-state index contributed by atoms with van der Waals surface area (Å²) < 4.78 is 28.4. The van der Waals surface area contributed by atoms with E-state index < -0.39 is 28.5 Å². The number of benzene rings is 3. The highest BCUT2D eigenvalue weighted by molar-refractivity contribution is 7.92. The van der Waals surface area contributed by atoms with Crippen molar-refractivity contribution in [3.05, 3.63) is 95.5 Å². The van der Waals surface area contributed by atoms with Crippen molar-refractivity contribution in [3.63, 3.8) is 0 Å². The number of nitrogens with one attached hydrogen (secondary N) is 1. The van der Waals surface area contributed by atoms with E-state index in [2.05, 4.69) is 5.32 Å². The molecule has 0 saturated carbocycles. The van der Waals surface area contributed by atoms with Crippen LogP contribution in [-0.4, -0.2) is 50.8 Å². The third kappa shape index (κ3) is 7.82. The highest BCUT2D eigenvalue weighted by Gasteiger charge is 2.32. The summed E-state index contributed by atoms with van der Waals surface area (Å²) in [5, 5.41) is 3.22. The van der Waals surface area contributed by atoms with Crippen LogP contribution in [0.15, 0.2) is 89.8 Å². The fourth-order valence-electron chi connectivity index (χ4n) is 3.99. The van der Waals surface area contributed by atoms with E-state index in [-0.39, 0.29) is 23.0 Å². The number of carbonyl (C=O) groups excluding carboxylic acids is 2. The van der Waals surface area contributed by atoms with Crippen molar-refractivity contribution in [3.8, 4) is 0 Å². The van der Waals surface area contributed by atoms with E-state index in [9.17, 15) is 18.0 Å². The zero-order valence-electron chi connectivity index (χ0n) is 21.7. The van der Waals surface area contributed by atoms with Crippen molar-refractivity contribution in [2.45, 2.75) is 44.0 Å². The van der Waals surface area contributed by atoms with Gasteiger partial charge in [-0.1, -0.05) is 79.5 Å². The number of unbranched alkanes of at least 4 members (excludes halogenated alkanes) is 1. The molecule has 202 valence electrons. The lowest BCUT2D eigenvalue weighted by Gasteiger charge is -2.32. The predicted molar refractivity (Wildman–Crippen MR) is 152 cm³/mol. The van der Waals surface area contributed by atoms with E-state index in [0.29, 0.717) is 18.0 Å². The van der Waals surface area contributed by atoms with Crippen molar-refractivity contribution in [1.29, 1.82) is 0 Å². The van der Waals surface area contributed by atoms with Crippen LogP contribution >= 0.6 is 11.6 Å². The minimum Gasteiger partial charge on any atom is -0.354 e. The smallest absolute Gasteiger partial charge is 0.264 e. The summed E-state index contributed by atoms with van der Waals surface area (Å²) in [6.07, 6.45) is 2.27. The molecule has 38 heavy (non-hydrogen) atoms. The molecule has 0 spiro atoms. The normalized spacial score (nSPS) is 12.0. The monoisotopic (exact) mass is 555 g/mol. The van der Waals surface area contributed by atoms with Crippen molar-refractivity contribution in [2.75, 3.05) is 23.9 Å². The van der Waals surface area contributed by atoms with Crippen molar-refractivity contribution < 1.29 is 18.0 Å². The molecular weight excluding hydrogens is 522 g/mol. The number of rotatable bonds is 13. The summed E-state index contributed by atoms with van der Waals surface area (Å²) in [6, 6.07) is 23.1. The lowest BCUT2D eigenvalue weighted by molar-refractivity contribution is -0.138. The van der Waals surface area contributed by atoms with Gasteiger partial charge in [0, 0.05) is 18.1 Å². The summed E-state index contributed by atoms with van der Waals surface area (Å²) in [4.78, 5) is 28.2.